The average molecular weight is 544 g/mol. The highest BCUT2D eigenvalue weighted by Crippen LogP contribution is 2.37. The molecule has 0 bridgehead atoms. The second-order valence-electron chi connectivity index (χ2n) is 9.14. The van der Waals surface area contributed by atoms with Crippen LogP contribution in [0.1, 0.15) is 29.7 Å². The first-order valence-corrected chi connectivity index (χ1v) is 12.1. The van der Waals surface area contributed by atoms with Gasteiger partial charge in [0.1, 0.15) is 17.7 Å². The van der Waals surface area contributed by atoms with Crippen LogP contribution in [-0.2, 0) is 24.1 Å². The number of urea groups is 1. The molecule has 5 rings (SSSR count). The molecule has 0 saturated heterocycles. The van der Waals surface area contributed by atoms with Crippen LogP contribution in [-0.4, -0.2) is 33.8 Å². The largest absolute Gasteiger partial charge is 0.416 e. The van der Waals surface area contributed by atoms with Crippen molar-refractivity contribution >= 4 is 28.7 Å². The summed E-state index contributed by atoms with van der Waals surface area (Å²) >= 11 is 0. The van der Waals surface area contributed by atoms with Gasteiger partial charge in [-0.05, 0) is 48.7 Å². The maximum absolute atomic E-state index is 14.0. The summed E-state index contributed by atoms with van der Waals surface area (Å²) in [6.07, 6.45) is -1.05. The second kappa shape index (κ2) is 10.5. The van der Waals surface area contributed by atoms with Crippen LogP contribution in [0.5, 0.6) is 0 Å². The number of hydrogen-bond acceptors (Lipinski definition) is 6. The molecule has 39 heavy (non-hydrogen) atoms. The van der Waals surface area contributed by atoms with Gasteiger partial charge < -0.3 is 26.4 Å². The molecule has 1 aliphatic carbocycles. The minimum Gasteiger partial charge on any atom is -0.382 e. The lowest BCUT2D eigenvalue weighted by molar-refractivity contribution is -0.137. The first-order valence-electron chi connectivity index (χ1n) is 12.1. The van der Waals surface area contributed by atoms with Gasteiger partial charge in [-0.15, -0.1) is 0 Å². The Labute approximate surface area is 220 Å². The number of benzene rings is 2. The maximum Gasteiger partial charge on any atom is 0.416 e. The Kier molecular flexibility index (Phi) is 7.10. The van der Waals surface area contributed by atoms with Crippen molar-refractivity contribution in [2.75, 3.05) is 23.5 Å². The van der Waals surface area contributed by atoms with Crippen molar-refractivity contribution in [1.82, 2.24) is 19.9 Å². The van der Waals surface area contributed by atoms with E-state index in [4.69, 9.17) is 10.5 Å². The molecular weight excluding hydrogens is 518 g/mol. The van der Waals surface area contributed by atoms with Crippen molar-refractivity contribution in [3.63, 3.8) is 0 Å². The monoisotopic (exact) mass is 543 g/mol. The number of nitrogens with one attached hydrogen (secondary N) is 3. The number of carbonyl (C=O) groups excluding carboxylic acids is 1. The molecule has 2 aromatic carbocycles. The Morgan fingerprint density at radius 3 is 2.56 bits per heavy atom. The Balaban J connectivity index is 1.41. The van der Waals surface area contributed by atoms with Gasteiger partial charge in [0.15, 0.2) is 5.82 Å². The predicted octanol–water partition coefficient (Wildman–Crippen LogP) is 5.18. The lowest BCUT2D eigenvalue weighted by atomic mass is 10.0. The third-order valence-corrected chi connectivity index (χ3v) is 6.36. The maximum atomic E-state index is 14.0. The average Bonchev–Trinajstić information content (AvgIpc) is 3.66. The van der Waals surface area contributed by atoms with E-state index in [2.05, 4.69) is 26.0 Å². The highest BCUT2D eigenvalue weighted by atomic mass is 19.4. The Morgan fingerprint density at radius 2 is 1.90 bits per heavy atom. The van der Waals surface area contributed by atoms with Crippen LogP contribution in [0.2, 0.25) is 0 Å². The zero-order chi connectivity index (χ0) is 27.7. The molecule has 4 aromatic rings. The summed E-state index contributed by atoms with van der Waals surface area (Å²) in [5.74, 6) is -0.703. The number of hydrogen-bond donors (Lipinski definition) is 4. The molecule has 1 fully saturated rings. The van der Waals surface area contributed by atoms with Gasteiger partial charge in [0.25, 0.3) is 0 Å². The summed E-state index contributed by atoms with van der Waals surface area (Å²) in [4.78, 5) is 16.6. The summed E-state index contributed by atoms with van der Waals surface area (Å²) in [6.45, 7) is 0.859. The Hall–Kier alpha value is -4.23. The van der Waals surface area contributed by atoms with Crippen molar-refractivity contribution in [2.24, 2.45) is 0 Å². The van der Waals surface area contributed by atoms with Gasteiger partial charge in [-0.25, -0.2) is 18.7 Å². The molecule has 2 heterocycles. The smallest absolute Gasteiger partial charge is 0.382 e. The number of halogens is 4. The minimum atomic E-state index is -4.68. The van der Waals surface area contributed by atoms with Gasteiger partial charge in [0.2, 0.25) is 0 Å². The zero-order valence-corrected chi connectivity index (χ0v) is 20.8. The van der Waals surface area contributed by atoms with Crippen LogP contribution in [0.4, 0.5) is 39.5 Å². The van der Waals surface area contributed by atoms with Gasteiger partial charge in [-0.3, -0.25) is 0 Å². The van der Waals surface area contributed by atoms with Crippen molar-refractivity contribution in [1.29, 1.82) is 0 Å². The SMILES string of the molecule is COCc1c(-c2ccc(NC(=O)Nc3cc(C(F)(F)F)ccc3F)cc2)c2c(N)ncnn2c1CNC1CC1. The quantitative estimate of drug-likeness (QED) is 0.228. The van der Waals surface area contributed by atoms with Gasteiger partial charge in [0.05, 0.1) is 23.6 Å². The lowest BCUT2D eigenvalue weighted by Gasteiger charge is -2.12. The number of ether oxygens (including phenoxy) is 1. The van der Waals surface area contributed by atoms with E-state index >= 15 is 0 Å². The van der Waals surface area contributed by atoms with Crippen LogP contribution in [0.15, 0.2) is 48.8 Å². The lowest BCUT2D eigenvalue weighted by Crippen LogP contribution is -2.20. The third-order valence-electron chi connectivity index (χ3n) is 6.36. The molecule has 0 atom stereocenters. The van der Waals surface area contributed by atoms with Crippen LogP contribution in [0, 0.1) is 5.82 Å². The molecule has 204 valence electrons. The first kappa shape index (κ1) is 26.4. The van der Waals surface area contributed by atoms with Crippen LogP contribution >= 0.6 is 0 Å². The van der Waals surface area contributed by atoms with Gasteiger partial charge >= 0.3 is 12.2 Å². The van der Waals surface area contributed by atoms with E-state index in [0.29, 0.717) is 54.4 Å². The van der Waals surface area contributed by atoms with E-state index in [0.717, 1.165) is 35.2 Å². The highest BCUT2D eigenvalue weighted by molar-refractivity contribution is 6.00. The summed E-state index contributed by atoms with van der Waals surface area (Å²) in [7, 11) is 1.60. The summed E-state index contributed by atoms with van der Waals surface area (Å²) in [6, 6.07) is 8.08. The molecule has 1 saturated carbocycles. The molecule has 0 spiro atoms. The predicted molar refractivity (Wildman–Crippen MR) is 137 cm³/mol. The second-order valence-corrected chi connectivity index (χ2v) is 9.14. The van der Waals surface area contributed by atoms with Gasteiger partial charge in [-0.1, -0.05) is 12.1 Å². The number of fused-ring (bicyclic) bond motifs is 1. The summed E-state index contributed by atoms with van der Waals surface area (Å²) in [5.41, 5.74) is 8.87. The molecule has 0 unspecified atom stereocenters. The van der Waals surface area contributed by atoms with Crippen LogP contribution < -0.4 is 21.7 Å². The number of amides is 2. The van der Waals surface area contributed by atoms with Crippen molar-refractivity contribution in [3.8, 4) is 11.1 Å². The van der Waals surface area contributed by atoms with E-state index in [-0.39, 0.29) is 0 Å². The van der Waals surface area contributed by atoms with E-state index in [1.807, 2.05) is 0 Å². The molecule has 1 aliphatic rings. The van der Waals surface area contributed by atoms with Crippen molar-refractivity contribution in [2.45, 2.75) is 38.2 Å². The van der Waals surface area contributed by atoms with Gasteiger partial charge in [0, 0.05) is 36.5 Å². The number of nitrogens with two attached hydrogens (primary N) is 1. The molecule has 2 aromatic heterocycles. The van der Waals surface area contributed by atoms with Crippen molar-refractivity contribution in [3.05, 3.63) is 71.4 Å². The van der Waals surface area contributed by atoms with E-state index < -0.39 is 29.3 Å². The third kappa shape index (κ3) is 5.64. The number of alkyl halides is 3. The topological polar surface area (TPSA) is 119 Å². The number of aromatic nitrogens is 3. The Bertz CT molecular complexity index is 1520. The molecule has 5 N–H and O–H groups in total. The molecular formula is C26H25F4N7O2. The standard InChI is InChI=1S/C26H25F4N7O2/c1-39-12-18-21(11-32-16-7-8-16)37-23(24(31)33-13-34-37)22(18)14-2-5-17(6-3-14)35-25(38)36-20-10-15(26(28,29)30)4-9-19(20)27/h2-6,9-10,13,16,32H,7-8,11-12H2,1H3,(H2,31,33,34)(H2,35,36,38). The number of anilines is 3. The van der Waals surface area contributed by atoms with Gasteiger partial charge in [-0.2, -0.15) is 18.3 Å². The Morgan fingerprint density at radius 1 is 1.15 bits per heavy atom. The van der Waals surface area contributed by atoms with Crippen LogP contribution in [0.25, 0.3) is 16.6 Å². The number of nitrogens with zero attached hydrogens (tertiary/aromatic N) is 3. The number of nitrogen functional groups attached to an aromatic ring is 1. The first-order chi connectivity index (χ1) is 18.7. The highest BCUT2D eigenvalue weighted by Gasteiger charge is 2.31. The number of methoxy groups -OCH3 is 1. The molecule has 2 amide bonds. The van der Waals surface area contributed by atoms with E-state index in [9.17, 15) is 22.4 Å². The number of carbonyl (C=O) groups is 1. The molecule has 0 radical (unpaired) electrons. The summed E-state index contributed by atoms with van der Waals surface area (Å²) < 4.78 is 60.2. The van der Waals surface area contributed by atoms with E-state index in [1.165, 1.54) is 6.33 Å². The molecule has 0 aliphatic heterocycles. The van der Waals surface area contributed by atoms with E-state index in [1.54, 1.807) is 35.9 Å². The van der Waals surface area contributed by atoms with Crippen LogP contribution in [0.3, 0.4) is 0 Å². The minimum absolute atomic E-state index is 0.291. The fourth-order valence-corrected chi connectivity index (χ4v) is 4.34. The van der Waals surface area contributed by atoms with Crippen molar-refractivity contribution < 1.29 is 27.1 Å². The summed E-state index contributed by atoms with van der Waals surface area (Å²) in [5, 5.41) is 12.5. The molecule has 13 heteroatoms. The normalized spacial score (nSPS) is 13.6. The molecule has 9 nitrogen and oxygen atoms in total. The fraction of sp³-hybridized carbons (Fsp3) is 0.269. The number of rotatable bonds is 8. The fourth-order valence-electron chi connectivity index (χ4n) is 4.34. The zero-order valence-electron chi connectivity index (χ0n) is 20.8.